The zero-order chi connectivity index (χ0) is 23.7. The smallest absolute Gasteiger partial charge is 0.303 e. The SMILES string of the molecule is C[C@H](O)C(=O)N1N=C(c2cc(F)ccc2F)SC1(CCC(F)(F)C(=N)N)c1ccccc1. The van der Waals surface area contributed by atoms with Crippen molar-refractivity contribution < 1.29 is 27.5 Å². The summed E-state index contributed by atoms with van der Waals surface area (Å²) in [5.74, 6) is -7.50. The molecule has 0 aromatic heterocycles. The first-order chi connectivity index (χ1) is 15.0. The number of aliphatic hydroxyl groups is 1. The number of nitrogens with one attached hydrogen (secondary N) is 1. The van der Waals surface area contributed by atoms with Gasteiger partial charge in [-0.2, -0.15) is 13.9 Å². The van der Waals surface area contributed by atoms with Gasteiger partial charge in [0.1, 0.15) is 27.7 Å². The number of halogens is 4. The molecule has 1 amide bonds. The third-order valence-electron chi connectivity index (χ3n) is 4.92. The van der Waals surface area contributed by atoms with Crippen molar-refractivity contribution in [1.82, 2.24) is 5.01 Å². The Morgan fingerprint density at radius 2 is 1.94 bits per heavy atom. The highest BCUT2D eigenvalue weighted by atomic mass is 32.2. The van der Waals surface area contributed by atoms with E-state index in [9.17, 15) is 27.5 Å². The van der Waals surface area contributed by atoms with Crippen molar-refractivity contribution >= 4 is 28.5 Å². The maximum absolute atomic E-state index is 14.5. The molecule has 3 rings (SSSR count). The van der Waals surface area contributed by atoms with Crippen molar-refractivity contribution in [2.75, 3.05) is 0 Å². The van der Waals surface area contributed by atoms with E-state index in [2.05, 4.69) is 5.10 Å². The number of carbonyl (C=O) groups is 1. The Kier molecular flexibility index (Phi) is 6.61. The average Bonchev–Trinajstić information content (AvgIpc) is 3.14. The summed E-state index contributed by atoms with van der Waals surface area (Å²) in [4.78, 5) is 11.2. The third-order valence-corrected chi connectivity index (χ3v) is 6.37. The molecule has 0 radical (unpaired) electrons. The quantitative estimate of drug-likeness (QED) is 0.327. The molecule has 0 saturated heterocycles. The van der Waals surface area contributed by atoms with E-state index in [4.69, 9.17) is 11.1 Å². The summed E-state index contributed by atoms with van der Waals surface area (Å²) < 4.78 is 56.8. The average molecular weight is 468 g/mol. The summed E-state index contributed by atoms with van der Waals surface area (Å²) in [7, 11) is 0. The summed E-state index contributed by atoms with van der Waals surface area (Å²) in [5, 5.41) is 21.9. The maximum Gasteiger partial charge on any atom is 0.303 e. The monoisotopic (exact) mass is 468 g/mol. The molecular weight excluding hydrogens is 448 g/mol. The van der Waals surface area contributed by atoms with Crippen molar-refractivity contribution in [3.05, 3.63) is 71.3 Å². The lowest BCUT2D eigenvalue weighted by atomic mass is 9.97. The molecule has 170 valence electrons. The van der Waals surface area contributed by atoms with Crippen molar-refractivity contribution in [3.63, 3.8) is 0 Å². The molecule has 0 aliphatic carbocycles. The van der Waals surface area contributed by atoms with Gasteiger partial charge in [0.2, 0.25) is 0 Å². The zero-order valence-electron chi connectivity index (χ0n) is 16.9. The van der Waals surface area contributed by atoms with E-state index >= 15 is 0 Å². The summed E-state index contributed by atoms with van der Waals surface area (Å²) in [6, 6.07) is 10.7. The minimum atomic E-state index is -3.67. The van der Waals surface area contributed by atoms with E-state index in [-0.39, 0.29) is 10.6 Å². The van der Waals surface area contributed by atoms with Crippen molar-refractivity contribution in [1.29, 1.82) is 5.41 Å². The Morgan fingerprint density at radius 3 is 2.53 bits per heavy atom. The first kappa shape index (κ1) is 23.7. The molecular formula is C21H20F4N4O2S. The molecule has 2 aromatic rings. The third kappa shape index (κ3) is 4.49. The molecule has 32 heavy (non-hydrogen) atoms. The molecule has 0 fully saturated rings. The van der Waals surface area contributed by atoms with E-state index in [0.29, 0.717) is 5.56 Å². The van der Waals surface area contributed by atoms with Crippen LogP contribution in [0.15, 0.2) is 53.6 Å². The Labute approximate surface area is 185 Å². The number of hydrogen-bond acceptors (Lipinski definition) is 5. The number of carbonyl (C=O) groups excluding carboxylic acids is 1. The van der Waals surface area contributed by atoms with Gasteiger partial charge >= 0.3 is 5.92 Å². The van der Waals surface area contributed by atoms with Crippen molar-refractivity contribution in [2.45, 2.75) is 36.7 Å². The molecule has 2 atom stereocenters. The van der Waals surface area contributed by atoms with Crippen LogP contribution < -0.4 is 5.73 Å². The molecule has 1 aliphatic rings. The second-order valence-electron chi connectivity index (χ2n) is 7.23. The number of amidine groups is 1. The highest BCUT2D eigenvalue weighted by Crippen LogP contribution is 2.51. The minimum Gasteiger partial charge on any atom is -0.383 e. The molecule has 2 aromatic carbocycles. The molecule has 11 heteroatoms. The number of nitrogens with two attached hydrogens (primary N) is 1. The van der Waals surface area contributed by atoms with Gasteiger partial charge < -0.3 is 10.8 Å². The van der Waals surface area contributed by atoms with Crippen LogP contribution in [0.1, 0.15) is 30.9 Å². The number of thioether (sulfide) groups is 1. The van der Waals surface area contributed by atoms with Gasteiger partial charge in [0.05, 0.1) is 0 Å². The van der Waals surface area contributed by atoms with Gasteiger partial charge in [-0.25, -0.2) is 13.8 Å². The van der Waals surface area contributed by atoms with E-state index in [1.165, 1.54) is 6.92 Å². The number of hydrazone groups is 1. The normalized spacial score (nSPS) is 19.6. The van der Waals surface area contributed by atoms with Gasteiger partial charge in [-0.1, -0.05) is 42.1 Å². The maximum atomic E-state index is 14.5. The number of aliphatic hydroxyl groups excluding tert-OH is 1. The second kappa shape index (κ2) is 8.91. The predicted octanol–water partition coefficient (Wildman–Crippen LogP) is 3.79. The number of nitrogens with zero attached hydrogens (tertiary/aromatic N) is 2. The van der Waals surface area contributed by atoms with Crippen LogP contribution >= 0.6 is 11.8 Å². The van der Waals surface area contributed by atoms with E-state index in [1.54, 1.807) is 30.3 Å². The molecule has 0 saturated carbocycles. The Morgan fingerprint density at radius 1 is 1.28 bits per heavy atom. The summed E-state index contributed by atoms with van der Waals surface area (Å²) >= 11 is 0.786. The van der Waals surface area contributed by atoms with Crippen LogP contribution in [0.5, 0.6) is 0 Å². The van der Waals surface area contributed by atoms with E-state index < -0.39 is 53.1 Å². The lowest BCUT2D eigenvalue weighted by molar-refractivity contribution is -0.143. The molecule has 6 nitrogen and oxygen atoms in total. The fourth-order valence-corrected chi connectivity index (χ4v) is 4.60. The van der Waals surface area contributed by atoms with E-state index in [0.717, 1.165) is 35.0 Å². The largest absolute Gasteiger partial charge is 0.383 e. The topological polar surface area (TPSA) is 103 Å². The fraction of sp³-hybridized carbons (Fsp3) is 0.286. The van der Waals surface area contributed by atoms with Crippen LogP contribution in [0.25, 0.3) is 0 Å². The standard InChI is InChI=1S/C21H20F4N4O2S/c1-12(30)18(31)29-21(13-5-3-2-4-6-13,10-9-20(24,25)19(26)27)32-17(28-29)15-11-14(22)7-8-16(15)23/h2-8,11-12,30H,9-10H2,1H3,(H3,26,27)/t12-,21?/m0/s1. The minimum absolute atomic E-state index is 0.119. The van der Waals surface area contributed by atoms with Crippen LogP contribution in [0.3, 0.4) is 0 Å². The van der Waals surface area contributed by atoms with Gasteiger partial charge in [-0.05, 0) is 37.1 Å². The van der Waals surface area contributed by atoms with Gasteiger partial charge in [0.25, 0.3) is 5.91 Å². The van der Waals surface area contributed by atoms with Gasteiger partial charge in [0.15, 0.2) is 5.84 Å². The fourth-order valence-electron chi connectivity index (χ4n) is 3.21. The first-order valence-corrected chi connectivity index (χ1v) is 10.3. The lowest BCUT2D eigenvalue weighted by Gasteiger charge is -2.37. The predicted molar refractivity (Wildman–Crippen MR) is 113 cm³/mol. The van der Waals surface area contributed by atoms with Crippen LogP contribution in [-0.4, -0.2) is 38.9 Å². The van der Waals surface area contributed by atoms with Gasteiger partial charge in [-0.3, -0.25) is 10.2 Å². The van der Waals surface area contributed by atoms with Crippen LogP contribution in [-0.2, 0) is 9.67 Å². The first-order valence-electron chi connectivity index (χ1n) is 9.51. The van der Waals surface area contributed by atoms with E-state index in [1.807, 2.05) is 0 Å². The number of amides is 1. The highest BCUT2D eigenvalue weighted by Gasteiger charge is 2.51. The Bertz CT molecular complexity index is 1070. The Balaban J connectivity index is 2.16. The second-order valence-corrected chi connectivity index (χ2v) is 8.49. The molecule has 1 unspecified atom stereocenters. The van der Waals surface area contributed by atoms with Crippen LogP contribution in [0.2, 0.25) is 0 Å². The molecule has 0 bridgehead atoms. The van der Waals surface area contributed by atoms with Gasteiger partial charge in [0, 0.05) is 12.0 Å². The van der Waals surface area contributed by atoms with Crippen LogP contribution in [0.4, 0.5) is 17.6 Å². The molecule has 1 aliphatic heterocycles. The van der Waals surface area contributed by atoms with Gasteiger partial charge in [-0.15, -0.1) is 0 Å². The number of alkyl halides is 2. The number of benzene rings is 2. The lowest BCUT2D eigenvalue weighted by Crippen LogP contribution is -2.46. The van der Waals surface area contributed by atoms with Crippen molar-refractivity contribution in [3.8, 4) is 0 Å². The number of hydrogen-bond donors (Lipinski definition) is 3. The number of rotatable bonds is 7. The highest BCUT2D eigenvalue weighted by molar-refractivity contribution is 8.15. The molecule has 4 N–H and O–H groups in total. The summed E-state index contributed by atoms with van der Waals surface area (Å²) in [6.07, 6.45) is -2.92. The van der Waals surface area contributed by atoms with Crippen LogP contribution in [0, 0.1) is 17.0 Å². The summed E-state index contributed by atoms with van der Waals surface area (Å²) in [5.41, 5.74) is 5.13. The summed E-state index contributed by atoms with van der Waals surface area (Å²) in [6.45, 7) is 1.18. The Hall–Kier alpha value is -2.92. The zero-order valence-corrected chi connectivity index (χ0v) is 17.7. The van der Waals surface area contributed by atoms with Crippen molar-refractivity contribution in [2.24, 2.45) is 10.8 Å². The molecule has 0 spiro atoms. The molecule has 1 heterocycles.